The van der Waals surface area contributed by atoms with Crippen LogP contribution in [0.15, 0.2) is 5.38 Å². The number of aryl methyl sites for hydroxylation is 1. The molecule has 1 fully saturated rings. The minimum atomic E-state index is -0.253. The Hall–Kier alpha value is -1.47. The van der Waals surface area contributed by atoms with E-state index in [9.17, 15) is 9.59 Å². The summed E-state index contributed by atoms with van der Waals surface area (Å²) in [6.07, 6.45) is 0.308. The first-order valence-corrected chi connectivity index (χ1v) is 8.39. The van der Waals surface area contributed by atoms with Crippen molar-refractivity contribution in [1.29, 1.82) is 0 Å². The Labute approximate surface area is 135 Å². The molecule has 6 nitrogen and oxygen atoms in total. The summed E-state index contributed by atoms with van der Waals surface area (Å²) < 4.78 is 0. The second-order valence-corrected chi connectivity index (χ2v) is 7.13. The molecule has 2 atom stereocenters. The van der Waals surface area contributed by atoms with Crippen LogP contribution in [-0.2, 0) is 9.59 Å². The first-order chi connectivity index (χ1) is 10.4. The van der Waals surface area contributed by atoms with Crippen LogP contribution in [0, 0.1) is 12.8 Å². The smallest absolute Gasteiger partial charge is 0.225 e. The van der Waals surface area contributed by atoms with Crippen molar-refractivity contribution in [2.45, 2.75) is 26.3 Å². The fraction of sp³-hybridized carbons (Fsp3) is 0.667. The normalized spacial score (nSPS) is 19.8. The van der Waals surface area contributed by atoms with Gasteiger partial charge in [0, 0.05) is 31.4 Å². The number of nitrogens with zero attached hydrogens (tertiary/aromatic N) is 3. The molecule has 2 amide bonds. The summed E-state index contributed by atoms with van der Waals surface area (Å²) >= 11 is 1.57. The van der Waals surface area contributed by atoms with Crippen LogP contribution in [-0.4, -0.2) is 60.3 Å². The zero-order valence-electron chi connectivity index (χ0n) is 13.6. The molecule has 1 aliphatic heterocycles. The van der Waals surface area contributed by atoms with Gasteiger partial charge >= 0.3 is 0 Å². The van der Waals surface area contributed by atoms with Crippen molar-refractivity contribution in [2.24, 2.45) is 5.92 Å². The van der Waals surface area contributed by atoms with Crippen molar-refractivity contribution in [3.05, 3.63) is 16.1 Å². The van der Waals surface area contributed by atoms with Gasteiger partial charge < -0.3 is 15.1 Å². The highest BCUT2D eigenvalue weighted by atomic mass is 32.1. The molecule has 0 spiro atoms. The SMILES string of the molecule is Cc1nc(C(C)NC(=O)C2CC(=O)N(CCN(C)C)C2)cs1. The van der Waals surface area contributed by atoms with Gasteiger partial charge in [0.2, 0.25) is 11.8 Å². The molecule has 0 saturated carbocycles. The van der Waals surface area contributed by atoms with E-state index in [1.807, 2.05) is 38.2 Å². The number of nitrogens with one attached hydrogen (secondary N) is 1. The van der Waals surface area contributed by atoms with Gasteiger partial charge in [-0.15, -0.1) is 11.3 Å². The minimum absolute atomic E-state index is 0.0566. The third kappa shape index (κ3) is 4.27. The first kappa shape index (κ1) is 16.9. The number of hydrogen-bond acceptors (Lipinski definition) is 5. The van der Waals surface area contributed by atoms with Crippen molar-refractivity contribution < 1.29 is 9.59 Å². The number of hydrogen-bond donors (Lipinski definition) is 1. The molecule has 7 heteroatoms. The maximum Gasteiger partial charge on any atom is 0.225 e. The number of likely N-dealkylation sites (N-methyl/N-ethyl adjacent to an activating group) is 1. The van der Waals surface area contributed by atoms with Crippen LogP contribution >= 0.6 is 11.3 Å². The van der Waals surface area contributed by atoms with Crippen LogP contribution in [0.1, 0.15) is 30.1 Å². The van der Waals surface area contributed by atoms with E-state index < -0.39 is 0 Å². The molecule has 2 rings (SSSR count). The predicted molar refractivity (Wildman–Crippen MR) is 86.6 cm³/mol. The lowest BCUT2D eigenvalue weighted by Gasteiger charge is -2.19. The maximum atomic E-state index is 12.3. The highest BCUT2D eigenvalue weighted by molar-refractivity contribution is 7.09. The van der Waals surface area contributed by atoms with Crippen LogP contribution in [0.2, 0.25) is 0 Å². The predicted octanol–water partition coefficient (Wildman–Crippen LogP) is 1.04. The summed E-state index contributed by atoms with van der Waals surface area (Å²) in [6.45, 7) is 5.88. The molecular formula is C15H24N4O2S. The van der Waals surface area contributed by atoms with Crippen LogP contribution in [0.3, 0.4) is 0 Å². The number of carbonyl (C=O) groups excluding carboxylic acids is 2. The van der Waals surface area contributed by atoms with Crippen LogP contribution in [0.25, 0.3) is 0 Å². The van der Waals surface area contributed by atoms with Gasteiger partial charge in [-0.1, -0.05) is 0 Å². The monoisotopic (exact) mass is 324 g/mol. The Morgan fingerprint density at radius 3 is 2.91 bits per heavy atom. The second-order valence-electron chi connectivity index (χ2n) is 6.07. The van der Waals surface area contributed by atoms with E-state index in [0.717, 1.165) is 17.2 Å². The molecule has 1 aliphatic rings. The average molecular weight is 324 g/mol. The molecular weight excluding hydrogens is 300 g/mol. The van der Waals surface area contributed by atoms with Gasteiger partial charge in [0.05, 0.1) is 22.7 Å². The summed E-state index contributed by atoms with van der Waals surface area (Å²) in [5.74, 6) is -0.241. The number of likely N-dealkylation sites (tertiary alicyclic amines) is 1. The van der Waals surface area contributed by atoms with Gasteiger partial charge in [0.1, 0.15) is 0 Å². The lowest BCUT2D eigenvalue weighted by Crippen LogP contribution is -2.36. The fourth-order valence-corrected chi connectivity index (χ4v) is 3.18. The lowest BCUT2D eigenvalue weighted by molar-refractivity contribution is -0.129. The van der Waals surface area contributed by atoms with E-state index in [0.29, 0.717) is 19.5 Å². The van der Waals surface area contributed by atoms with Crippen molar-refractivity contribution >= 4 is 23.2 Å². The van der Waals surface area contributed by atoms with Gasteiger partial charge in [-0.05, 0) is 27.9 Å². The third-order valence-corrected chi connectivity index (χ3v) is 4.63. The minimum Gasteiger partial charge on any atom is -0.348 e. The van der Waals surface area contributed by atoms with Crippen molar-refractivity contribution in [2.75, 3.05) is 33.7 Å². The molecule has 0 bridgehead atoms. The molecule has 1 aromatic heterocycles. The molecule has 22 heavy (non-hydrogen) atoms. The van der Waals surface area contributed by atoms with E-state index >= 15 is 0 Å². The number of aromatic nitrogens is 1. The highest BCUT2D eigenvalue weighted by Crippen LogP contribution is 2.20. The van der Waals surface area contributed by atoms with Gasteiger partial charge in [-0.25, -0.2) is 4.98 Å². The lowest BCUT2D eigenvalue weighted by atomic mass is 10.1. The molecule has 1 N–H and O–H groups in total. The van der Waals surface area contributed by atoms with Crippen LogP contribution in [0.5, 0.6) is 0 Å². The van der Waals surface area contributed by atoms with E-state index in [1.165, 1.54) is 0 Å². The van der Waals surface area contributed by atoms with Crippen LogP contribution in [0.4, 0.5) is 0 Å². The Balaban J connectivity index is 1.87. The molecule has 122 valence electrons. The van der Waals surface area contributed by atoms with Gasteiger partial charge in [-0.2, -0.15) is 0 Å². The Morgan fingerprint density at radius 2 is 2.32 bits per heavy atom. The van der Waals surface area contributed by atoms with Crippen LogP contribution < -0.4 is 5.32 Å². The average Bonchev–Trinajstić information content (AvgIpc) is 3.02. The third-order valence-electron chi connectivity index (χ3n) is 3.84. The molecule has 2 heterocycles. The Bertz CT molecular complexity index is 543. The van der Waals surface area contributed by atoms with E-state index in [2.05, 4.69) is 10.3 Å². The summed E-state index contributed by atoms with van der Waals surface area (Å²) in [7, 11) is 3.95. The van der Waals surface area contributed by atoms with Gasteiger partial charge in [0.15, 0.2) is 0 Å². The quantitative estimate of drug-likeness (QED) is 0.849. The van der Waals surface area contributed by atoms with Crippen molar-refractivity contribution in [3.8, 4) is 0 Å². The summed E-state index contributed by atoms with van der Waals surface area (Å²) in [5, 5.41) is 5.92. The van der Waals surface area contributed by atoms with Crippen molar-refractivity contribution in [1.82, 2.24) is 20.1 Å². The topological polar surface area (TPSA) is 65.5 Å². The number of amides is 2. The van der Waals surface area contributed by atoms with Crippen molar-refractivity contribution in [3.63, 3.8) is 0 Å². The number of rotatable bonds is 6. The fourth-order valence-electron chi connectivity index (χ4n) is 2.47. The van der Waals surface area contributed by atoms with E-state index in [-0.39, 0.29) is 23.8 Å². The Morgan fingerprint density at radius 1 is 1.59 bits per heavy atom. The zero-order chi connectivity index (χ0) is 16.3. The standard InChI is InChI=1S/C15H24N4O2S/c1-10(13-9-22-11(2)17-13)16-15(21)12-7-14(20)19(8-12)6-5-18(3)4/h9-10,12H,5-8H2,1-4H3,(H,16,21). The van der Waals surface area contributed by atoms with E-state index in [4.69, 9.17) is 0 Å². The summed E-state index contributed by atoms with van der Waals surface area (Å²) in [6, 6.07) is -0.122. The molecule has 1 aromatic rings. The zero-order valence-corrected chi connectivity index (χ0v) is 14.4. The molecule has 1 saturated heterocycles. The van der Waals surface area contributed by atoms with Gasteiger partial charge in [-0.3, -0.25) is 9.59 Å². The highest BCUT2D eigenvalue weighted by Gasteiger charge is 2.34. The molecule has 0 aliphatic carbocycles. The summed E-state index contributed by atoms with van der Waals surface area (Å²) in [4.78, 5) is 32.5. The molecule has 2 unspecified atom stereocenters. The number of carbonyl (C=O) groups is 2. The molecule has 0 radical (unpaired) electrons. The Kier molecular flexibility index (Phi) is 5.52. The van der Waals surface area contributed by atoms with Gasteiger partial charge in [0.25, 0.3) is 0 Å². The second kappa shape index (κ2) is 7.19. The first-order valence-electron chi connectivity index (χ1n) is 7.51. The molecule has 0 aromatic carbocycles. The number of thiazole rings is 1. The largest absolute Gasteiger partial charge is 0.348 e. The van der Waals surface area contributed by atoms with E-state index in [1.54, 1.807) is 16.2 Å². The summed E-state index contributed by atoms with van der Waals surface area (Å²) in [5.41, 5.74) is 0.879. The maximum absolute atomic E-state index is 12.3.